The largest absolute Gasteiger partial charge is 0.380 e. The van der Waals surface area contributed by atoms with Gasteiger partial charge in [-0.25, -0.2) is 0 Å². The lowest BCUT2D eigenvalue weighted by Gasteiger charge is -2.22. The van der Waals surface area contributed by atoms with E-state index in [0.29, 0.717) is 0 Å². The van der Waals surface area contributed by atoms with Crippen LogP contribution < -0.4 is 15.8 Å². The number of rotatable bonds is 4. The first kappa shape index (κ1) is 12.9. The summed E-state index contributed by atoms with van der Waals surface area (Å²) in [6.07, 6.45) is 0. The van der Waals surface area contributed by atoms with Crippen LogP contribution in [0.15, 0.2) is 84.9 Å². The van der Waals surface area contributed by atoms with Gasteiger partial charge in [0.15, 0.2) is 0 Å². The molecule has 0 heterocycles. The third-order valence-electron chi connectivity index (χ3n) is 4.09. The summed E-state index contributed by atoms with van der Waals surface area (Å²) in [6.45, 7) is 0.848. The lowest BCUT2D eigenvalue weighted by molar-refractivity contribution is 0.885. The van der Waals surface area contributed by atoms with Crippen LogP contribution in [0.4, 0.5) is 0 Å². The van der Waals surface area contributed by atoms with Crippen molar-refractivity contribution in [1.29, 1.82) is 0 Å². The quantitative estimate of drug-likeness (QED) is 0.776. The predicted molar refractivity (Wildman–Crippen MR) is 91.3 cm³/mol. The average Bonchev–Trinajstić information content (AvgIpc) is 2.58. The van der Waals surface area contributed by atoms with Crippen molar-refractivity contribution in [2.75, 3.05) is 0 Å². The summed E-state index contributed by atoms with van der Waals surface area (Å²) in [7, 11) is 0. The Kier molecular flexibility index (Phi) is 3.24. The fraction of sp³-hybridized carbons (Fsp3) is 0.0476. The summed E-state index contributed by atoms with van der Waals surface area (Å²) in [5.41, 5.74) is 5.15. The van der Waals surface area contributed by atoms with Crippen molar-refractivity contribution in [2.45, 2.75) is 6.54 Å². The van der Waals surface area contributed by atoms with E-state index in [9.17, 15) is 0 Å². The maximum Gasteiger partial charge on any atom is 0.0508 e. The van der Waals surface area contributed by atoms with Gasteiger partial charge in [0.25, 0.3) is 0 Å². The molecule has 1 N–H and O–H groups in total. The molecule has 0 spiro atoms. The molecule has 3 aromatic rings. The molecular weight excluding hydrogens is 266 g/mol. The van der Waals surface area contributed by atoms with E-state index in [2.05, 4.69) is 90.2 Å². The van der Waals surface area contributed by atoms with E-state index in [1.807, 2.05) is 0 Å². The molecule has 4 rings (SSSR count). The molecular formula is C21H17N. The van der Waals surface area contributed by atoms with Crippen LogP contribution >= 0.6 is 0 Å². The van der Waals surface area contributed by atoms with Crippen LogP contribution in [0.3, 0.4) is 0 Å². The molecule has 0 unspecified atom stereocenters. The molecule has 0 aliphatic heterocycles. The topological polar surface area (TPSA) is 12.0 Å². The third-order valence-corrected chi connectivity index (χ3v) is 4.09. The summed E-state index contributed by atoms with van der Waals surface area (Å²) >= 11 is 0. The standard InChI is InChI=1S/C21H17N/c1-3-9-16(10-4-1)15-22-21-19-14-8-7-13-18(19)20(21)17-11-5-2-6-12-17/h1-14,22H,15H2. The molecule has 1 aliphatic rings. The van der Waals surface area contributed by atoms with Crippen molar-refractivity contribution in [3.8, 4) is 0 Å². The van der Waals surface area contributed by atoms with Crippen molar-refractivity contribution in [2.24, 2.45) is 0 Å². The van der Waals surface area contributed by atoms with Gasteiger partial charge in [0.1, 0.15) is 0 Å². The van der Waals surface area contributed by atoms with Crippen LogP contribution in [0.2, 0.25) is 0 Å². The van der Waals surface area contributed by atoms with Crippen LogP contribution in [0.25, 0.3) is 11.3 Å². The Morgan fingerprint density at radius 1 is 0.591 bits per heavy atom. The van der Waals surface area contributed by atoms with Crippen molar-refractivity contribution >= 4 is 11.3 Å². The zero-order valence-corrected chi connectivity index (χ0v) is 12.3. The van der Waals surface area contributed by atoms with Gasteiger partial charge >= 0.3 is 0 Å². The van der Waals surface area contributed by atoms with Crippen molar-refractivity contribution < 1.29 is 0 Å². The van der Waals surface area contributed by atoms with Gasteiger partial charge in [-0.05, 0) is 16.3 Å². The molecule has 0 saturated heterocycles. The van der Waals surface area contributed by atoms with Gasteiger partial charge < -0.3 is 5.32 Å². The molecule has 3 aromatic carbocycles. The van der Waals surface area contributed by atoms with Crippen LogP contribution in [0.1, 0.15) is 11.1 Å². The molecule has 0 aromatic heterocycles. The summed E-state index contributed by atoms with van der Waals surface area (Å²) in [4.78, 5) is 0. The Labute approximate surface area is 130 Å². The molecule has 1 nitrogen and oxygen atoms in total. The predicted octanol–water partition coefficient (Wildman–Crippen LogP) is 2.80. The fourth-order valence-electron chi connectivity index (χ4n) is 3.00. The van der Waals surface area contributed by atoms with Gasteiger partial charge in [-0.3, -0.25) is 0 Å². The van der Waals surface area contributed by atoms with E-state index in [1.165, 1.54) is 32.8 Å². The first-order valence-corrected chi connectivity index (χ1v) is 7.61. The Morgan fingerprint density at radius 2 is 1.18 bits per heavy atom. The minimum absolute atomic E-state index is 0.848. The SMILES string of the molecule is c1ccc(CNC2=c3ccccc3=C2c2ccccc2)cc1. The second kappa shape index (κ2) is 5.53. The van der Waals surface area contributed by atoms with Gasteiger partial charge in [-0.2, -0.15) is 0 Å². The maximum absolute atomic E-state index is 3.62. The second-order valence-electron chi connectivity index (χ2n) is 5.50. The Bertz CT molecular complexity index is 909. The molecule has 22 heavy (non-hydrogen) atoms. The molecule has 1 aliphatic carbocycles. The second-order valence-corrected chi connectivity index (χ2v) is 5.50. The summed E-state index contributed by atoms with van der Waals surface area (Å²) < 4.78 is 0. The van der Waals surface area contributed by atoms with Crippen LogP contribution in [-0.2, 0) is 6.54 Å². The number of nitrogens with one attached hydrogen (secondary N) is 1. The number of hydrogen-bond acceptors (Lipinski definition) is 1. The highest BCUT2D eigenvalue weighted by Crippen LogP contribution is 2.21. The molecule has 1 heteroatoms. The summed E-state index contributed by atoms with van der Waals surface area (Å²) in [5, 5.41) is 6.27. The number of fused-ring (bicyclic) bond motifs is 1. The molecule has 0 saturated carbocycles. The van der Waals surface area contributed by atoms with Crippen molar-refractivity contribution in [3.05, 3.63) is 106 Å². The fourth-order valence-corrected chi connectivity index (χ4v) is 3.00. The lowest BCUT2D eigenvalue weighted by atomic mass is 9.90. The van der Waals surface area contributed by atoms with E-state index < -0.39 is 0 Å². The highest BCUT2D eigenvalue weighted by Gasteiger charge is 2.18. The van der Waals surface area contributed by atoms with Crippen molar-refractivity contribution in [1.82, 2.24) is 5.32 Å². The van der Waals surface area contributed by atoms with Gasteiger partial charge in [0, 0.05) is 17.3 Å². The average molecular weight is 283 g/mol. The van der Waals surface area contributed by atoms with Crippen LogP contribution in [-0.4, -0.2) is 0 Å². The van der Waals surface area contributed by atoms with Crippen molar-refractivity contribution in [3.63, 3.8) is 0 Å². The number of hydrogen-bond donors (Lipinski definition) is 1. The first-order chi connectivity index (χ1) is 10.9. The molecule has 0 fully saturated rings. The third kappa shape index (κ3) is 2.21. The molecule has 0 amide bonds. The van der Waals surface area contributed by atoms with Crippen LogP contribution in [0, 0.1) is 0 Å². The zero-order valence-electron chi connectivity index (χ0n) is 12.3. The molecule has 106 valence electrons. The smallest absolute Gasteiger partial charge is 0.0508 e. The maximum atomic E-state index is 3.62. The van der Waals surface area contributed by atoms with E-state index in [1.54, 1.807) is 0 Å². The molecule has 0 bridgehead atoms. The number of benzene rings is 3. The first-order valence-electron chi connectivity index (χ1n) is 7.61. The molecule has 0 atom stereocenters. The highest BCUT2D eigenvalue weighted by atomic mass is 14.9. The monoisotopic (exact) mass is 283 g/mol. The Hall–Kier alpha value is -2.80. The Morgan fingerprint density at radius 3 is 1.91 bits per heavy atom. The van der Waals surface area contributed by atoms with Gasteiger partial charge in [0.05, 0.1) is 5.70 Å². The lowest BCUT2D eigenvalue weighted by Crippen LogP contribution is -2.43. The minimum Gasteiger partial charge on any atom is -0.380 e. The van der Waals surface area contributed by atoms with Gasteiger partial charge in [-0.15, -0.1) is 0 Å². The normalized spacial score (nSPS) is 12.5. The Balaban J connectivity index is 1.70. The highest BCUT2D eigenvalue weighted by molar-refractivity contribution is 6.00. The summed E-state index contributed by atoms with van der Waals surface area (Å²) in [6, 6.07) is 29.7. The van der Waals surface area contributed by atoms with Gasteiger partial charge in [0.2, 0.25) is 0 Å². The van der Waals surface area contributed by atoms with Crippen LogP contribution in [0.5, 0.6) is 0 Å². The molecule has 0 radical (unpaired) electrons. The van der Waals surface area contributed by atoms with E-state index >= 15 is 0 Å². The zero-order chi connectivity index (χ0) is 14.8. The van der Waals surface area contributed by atoms with E-state index in [0.717, 1.165) is 6.54 Å². The van der Waals surface area contributed by atoms with E-state index in [-0.39, 0.29) is 0 Å². The summed E-state index contributed by atoms with van der Waals surface area (Å²) in [5.74, 6) is 0. The van der Waals surface area contributed by atoms with Gasteiger partial charge in [-0.1, -0.05) is 84.9 Å². The van der Waals surface area contributed by atoms with E-state index in [4.69, 9.17) is 0 Å². The minimum atomic E-state index is 0.848.